The van der Waals surface area contributed by atoms with Gasteiger partial charge in [-0.2, -0.15) is 0 Å². The van der Waals surface area contributed by atoms with Crippen LogP contribution >= 0.6 is 23.5 Å². The Balaban J connectivity index is 1.35. The number of ether oxygens (including phenoxy) is 3. The zero-order valence-electron chi connectivity index (χ0n) is 17.3. The molecule has 3 aliphatic heterocycles. The predicted octanol–water partition coefficient (Wildman–Crippen LogP) is 2.28. The summed E-state index contributed by atoms with van der Waals surface area (Å²) in [6.07, 6.45) is 2.23. The van der Waals surface area contributed by atoms with Crippen molar-refractivity contribution >= 4 is 35.3 Å². The van der Waals surface area contributed by atoms with E-state index in [1.807, 2.05) is 18.2 Å². The number of nitrogens with zero attached hydrogens (tertiary/aromatic N) is 1. The van der Waals surface area contributed by atoms with Crippen LogP contribution in [0.1, 0.15) is 25.3 Å². The molecule has 9 heteroatoms. The van der Waals surface area contributed by atoms with Crippen molar-refractivity contribution in [1.29, 1.82) is 0 Å². The van der Waals surface area contributed by atoms with E-state index in [2.05, 4.69) is 12.2 Å². The summed E-state index contributed by atoms with van der Waals surface area (Å²) in [5.41, 5.74) is 0.915. The van der Waals surface area contributed by atoms with Gasteiger partial charge in [-0.25, -0.2) is 0 Å². The first kappa shape index (κ1) is 21.6. The van der Waals surface area contributed by atoms with Gasteiger partial charge in [0.05, 0.1) is 23.8 Å². The van der Waals surface area contributed by atoms with Gasteiger partial charge in [0.15, 0.2) is 11.5 Å². The number of fused-ring (bicyclic) bond motifs is 1. The van der Waals surface area contributed by atoms with Gasteiger partial charge in [-0.3, -0.25) is 9.59 Å². The second-order valence-corrected chi connectivity index (χ2v) is 10.4. The minimum absolute atomic E-state index is 0.0494. The fourth-order valence-corrected chi connectivity index (χ4v) is 6.78. The molecule has 1 N–H and O–H groups in total. The molecule has 7 nitrogen and oxygen atoms in total. The molecule has 0 aromatic heterocycles. The number of carbonyl (C=O) groups is 2. The van der Waals surface area contributed by atoms with Gasteiger partial charge in [0.25, 0.3) is 0 Å². The Kier molecular flexibility index (Phi) is 6.69. The molecule has 0 saturated carbocycles. The van der Waals surface area contributed by atoms with Gasteiger partial charge in [0, 0.05) is 24.7 Å². The fourth-order valence-electron chi connectivity index (χ4n) is 4.08. The van der Waals surface area contributed by atoms with Gasteiger partial charge < -0.3 is 24.4 Å². The molecule has 0 unspecified atom stereocenters. The molecule has 1 aromatic carbocycles. The highest BCUT2D eigenvalue weighted by molar-refractivity contribution is 8.04. The molecule has 3 saturated heterocycles. The summed E-state index contributed by atoms with van der Waals surface area (Å²) in [5.74, 6) is 3.18. The highest BCUT2D eigenvalue weighted by Gasteiger charge is 2.51. The number of nitrogens with one attached hydrogen (secondary N) is 1. The third kappa shape index (κ3) is 4.53. The number of methoxy groups -OCH3 is 1. The Morgan fingerprint density at radius 1 is 1.40 bits per heavy atom. The van der Waals surface area contributed by atoms with Crippen molar-refractivity contribution in [3.05, 3.63) is 23.8 Å². The smallest absolute Gasteiger partial charge is 0.243 e. The Morgan fingerprint density at radius 3 is 3.03 bits per heavy atom. The van der Waals surface area contributed by atoms with Crippen molar-refractivity contribution in [3.8, 4) is 11.5 Å². The second-order valence-electron chi connectivity index (χ2n) is 7.91. The van der Waals surface area contributed by atoms with Crippen molar-refractivity contribution < 1.29 is 23.8 Å². The summed E-state index contributed by atoms with van der Waals surface area (Å²) in [7, 11) is 1.60. The van der Waals surface area contributed by atoms with E-state index in [4.69, 9.17) is 14.2 Å². The van der Waals surface area contributed by atoms with Crippen molar-refractivity contribution in [2.24, 2.45) is 0 Å². The zero-order chi connectivity index (χ0) is 21.1. The monoisotopic (exact) mass is 452 g/mol. The molecule has 0 spiro atoms. The van der Waals surface area contributed by atoms with Crippen LogP contribution < -0.4 is 14.8 Å². The van der Waals surface area contributed by atoms with Crippen LogP contribution in [0.3, 0.4) is 0 Å². The molecule has 2 amide bonds. The van der Waals surface area contributed by atoms with Crippen molar-refractivity contribution in [2.45, 2.75) is 43.3 Å². The lowest BCUT2D eigenvalue weighted by molar-refractivity contribution is -0.140. The van der Waals surface area contributed by atoms with Gasteiger partial charge in [-0.1, -0.05) is 6.07 Å². The van der Waals surface area contributed by atoms with Crippen LogP contribution in [0.25, 0.3) is 0 Å². The first-order valence-electron chi connectivity index (χ1n) is 10.2. The molecule has 164 valence electrons. The molecule has 30 heavy (non-hydrogen) atoms. The van der Waals surface area contributed by atoms with Crippen molar-refractivity contribution in [2.75, 3.05) is 37.6 Å². The maximum Gasteiger partial charge on any atom is 0.243 e. The zero-order valence-corrected chi connectivity index (χ0v) is 19.0. The van der Waals surface area contributed by atoms with E-state index in [-0.39, 0.29) is 22.8 Å². The van der Waals surface area contributed by atoms with E-state index >= 15 is 0 Å². The van der Waals surface area contributed by atoms with E-state index in [1.165, 1.54) is 0 Å². The summed E-state index contributed by atoms with van der Waals surface area (Å²) < 4.78 is 16.9. The van der Waals surface area contributed by atoms with Crippen molar-refractivity contribution in [3.63, 3.8) is 0 Å². The normalized spacial score (nSPS) is 28.3. The second kappa shape index (κ2) is 9.28. The SMILES string of the molecule is COc1cc(CNC(=O)[C@@H]2CS[C@@]3(C)CSCC(=O)N23)ccc1OC[C@H]1CCCO1. The van der Waals surface area contributed by atoms with Gasteiger partial charge in [0.2, 0.25) is 11.8 Å². The van der Waals surface area contributed by atoms with Gasteiger partial charge in [-0.15, -0.1) is 23.5 Å². The molecule has 3 fully saturated rings. The van der Waals surface area contributed by atoms with Crippen LogP contribution in [0.5, 0.6) is 11.5 Å². The van der Waals surface area contributed by atoms with Gasteiger partial charge in [0.1, 0.15) is 12.6 Å². The number of hydrogen-bond donors (Lipinski definition) is 1. The summed E-state index contributed by atoms with van der Waals surface area (Å²) in [6.45, 7) is 3.72. The maximum atomic E-state index is 12.8. The molecule has 0 bridgehead atoms. The van der Waals surface area contributed by atoms with Gasteiger partial charge in [-0.05, 0) is 37.5 Å². The lowest BCUT2D eigenvalue weighted by Crippen LogP contribution is -2.57. The van der Waals surface area contributed by atoms with E-state index in [1.54, 1.807) is 35.5 Å². The minimum atomic E-state index is -0.413. The fraction of sp³-hybridized carbons (Fsp3) is 0.619. The molecule has 1 aromatic rings. The van der Waals surface area contributed by atoms with Crippen LogP contribution in [0, 0.1) is 0 Å². The molecular weight excluding hydrogens is 424 g/mol. The highest BCUT2D eigenvalue weighted by Crippen LogP contribution is 2.44. The first-order chi connectivity index (χ1) is 14.5. The number of benzene rings is 1. The van der Waals surface area contributed by atoms with E-state index in [9.17, 15) is 9.59 Å². The average Bonchev–Trinajstić information content (AvgIpc) is 3.38. The highest BCUT2D eigenvalue weighted by atomic mass is 32.2. The van der Waals surface area contributed by atoms with E-state index in [0.717, 1.165) is 30.8 Å². The molecular formula is C21H28N2O5S2. The van der Waals surface area contributed by atoms with Crippen LogP contribution in [0.15, 0.2) is 18.2 Å². The number of hydrogen-bond acceptors (Lipinski definition) is 7. The quantitative estimate of drug-likeness (QED) is 0.680. The summed E-state index contributed by atoms with van der Waals surface area (Å²) in [6, 6.07) is 5.25. The van der Waals surface area contributed by atoms with E-state index < -0.39 is 6.04 Å². The predicted molar refractivity (Wildman–Crippen MR) is 118 cm³/mol. The van der Waals surface area contributed by atoms with Gasteiger partial charge >= 0.3 is 0 Å². The Bertz CT molecular complexity index is 802. The standard InChI is InChI=1S/C21H28N2O5S2/c1-21-13-29-12-19(24)23(21)16(11-30-21)20(25)22-9-14-5-6-17(18(8-14)26-2)28-10-15-4-3-7-27-15/h5-6,8,15-16H,3-4,7,9-13H2,1-2H3,(H,22,25)/t15-,16+,21+/m1/s1. The first-order valence-corrected chi connectivity index (χ1v) is 12.4. The number of amides is 2. The summed E-state index contributed by atoms with van der Waals surface area (Å²) in [4.78, 5) is 26.8. The van der Waals surface area contributed by atoms with Crippen LogP contribution in [0.4, 0.5) is 0 Å². The summed E-state index contributed by atoms with van der Waals surface area (Å²) >= 11 is 3.33. The number of carbonyl (C=O) groups excluding carboxylic acids is 2. The average molecular weight is 453 g/mol. The molecule has 0 aliphatic carbocycles. The largest absolute Gasteiger partial charge is 0.493 e. The molecule has 0 radical (unpaired) electrons. The number of rotatable bonds is 7. The van der Waals surface area contributed by atoms with Crippen LogP contribution in [-0.2, 0) is 20.9 Å². The minimum Gasteiger partial charge on any atom is -0.493 e. The van der Waals surface area contributed by atoms with Crippen molar-refractivity contribution in [1.82, 2.24) is 10.2 Å². The Hall–Kier alpha value is -1.58. The molecule has 3 atom stereocenters. The van der Waals surface area contributed by atoms with E-state index in [0.29, 0.717) is 36.2 Å². The molecule has 4 rings (SSSR count). The van der Waals surface area contributed by atoms with Crippen LogP contribution in [0.2, 0.25) is 0 Å². The number of thioether (sulfide) groups is 2. The lowest BCUT2D eigenvalue weighted by atomic mass is 10.1. The maximum absolute atomic E-state index is 12.8. The third-order valence-electron chi connectivity index (χ3n) is 5.68. The Labute approximate surface area is 185 Å². The topological polar surface area (TPSA) is 77.1 Å². The summed E-state index contributed by atoms with van der Waals surface area (Å²) in [5, 5.41) is 2.99. The third-order valence-corrected chi connectivity index (χ3v) is 8.53. The molecule has 3 aliphatic rings. The van der Waals surface area contributed by atoms with Crippen LogP contribution in [-0.4, -0.2) is 71.3 Å². The molecule has 3 heterocycles. The Morgan fingerprint density at radius 2 is 2.27 bits per heavy atom. The lowest BCUT2D eigenvalue weighted by Gasteiger charge is -2.40.